The number of carbonyl (C=O) groups is 2. The lowest BCUT2D eigenvalue weighted by Gasteiger charge is -2.13. The molecule has 1 heterocycles. The predicted molar refractivity (Wildman–Crippen MR) is 68.4 cm³/mol. The maximum atomic E-state index is 11.5. The molecule has 0 aliphatic carbocycles. The van der Waals surface area contributed by atoms with Crippen LogP contribution in [0.2, 0.25) is 0 Å². The molecule has 0 spiro atoms. The van der Waals surface area contributed by atoms with Crippen LogP contribution in [0, 0.1) is 6.92 Å². The third kappa shape index (κ3) is 5.02. The van der Waals surface area contributed by atoms with Crippen LogP contribution in [0.5, 0.6) is 0 Å². The van der Waals surface area contributed by atoms with Gasteiger partial charge < -0.3 is 20.1 Å². The van der Waals surface area contributed by atoms with E-state index in [4.69, 9.17) is 9.47 Å². The molecular weight excluding hydrogens is 250 g/mol. The summed E-state index contributed by atoms with van der Waals surface area (Å²) in [6.45, 7) is 1.96. The molecule has 0 saturated heterocycles. The molecule has 0 saturated carbocycles. The molecule has 1 aromatic rings. The molecule has 19 heavy (non-hydrogen) atoms. The Kier molecular flexibility index (Phi) is 5.91. The molecule has 0 radical (unpaired) electrons. The van der Waals surface area contributed by atoms with Crippen LogP contribution in [0.25, 0.3) is 0 Å². The van der Waals surface area contributed by atoms with Gasteiger partial charge in [0.1, 0.15) is 5.82 Å². The first-order valence-electron chi connectivity index (χ1n) is 5.64. The molecule has 0 unspecified atom stereocenters. The van der Waals surface area contributed by atoms with Gasteiger partial charge in [-0.25, -0.2) is 4.98 Å². The SMILES string of the molecule is COC(CNC(=O)C(=O)Nc1ccc(C)cn1)OC. The summed E-state index contributed by atoms with van der Waals surface area (Å²) in [7, 11) is 2.88. The minimum Gasteiger partial charge on any atom is -0.354 e. The van der Waals surface area contributed by atoms with E-state index in [1.807, 2.05) is 6.92 Å². The van der Waals surface area contributed by atoms with Crippen molar-refractivity contribution in [2.24, 2.45) is 0 Å². The van der Waals surface area contributed by atoms with Crippen molar-refractivity contribution in [1.29, 1.82) is 0 Å². The van der Waals surface area contributed by atoms with Crippen LogP contribution in [-0.2, 0) is 19.1 Å². The Bertz CT molecular complexity index is 429. The number of nitrogens with one attached hydrogen (secondary N) is 2. The van der Waals surface area contributed by atoms with Crippen LogP contribution in [0.3, 0.4) is 0 Å². The number of aromatic nitrogens is 1. The summed E-state index contributed by atoms with van der Waals surface area (Å²) in [5, 5.41) is 4.77. The average Bonchev–Trinajstić information content (AvgIpc) is 2.42. The smallest absolute Gasteiger partial charge is 0.314 e. The van der Waals surface area contributed by atoms with Crippen LogP contribution < -0.4 is 10.6 Å². The maximum Gasteiger partial charge on any atom is 0.314 e. The van der Waals surface area contributed by atoms with Gasteiger partial charge in [-0.1, -0.05) is 6.07 Å². The van der Waals surface area contributed by atoms with E-state index in [2.05, 4.69) is 15.6 Å². The molecule has 0 bridgehead atoms. The fraction of sp³-hybridized carbons (Fsp3) is 0.417. The number of methoxy groups -OCH3 is 2. The van der Waals surface area contributed by atoms with Crippen molar-refractivity contribution >= 4 is 17.6 Å². The number of aryl methyl sites for hydroxylation is 1. The minimum absolute atomic E-state index is 0.0839. The predicted octanol–water partition coefficient (Wildman–Crippen LogP) is 0.0636. The van der Waals surface area contributed by atoms with Crippen molar-refractivity contribution in [3.8, 4) is 0 Å². The summed E-state index contributed by atoms with van der Waals surface area (Å²) < 4.78 is 9.76. The number of pyridine rings is 1. The Labute approximate surface area is 111 Å². The van der Waals surface area contributed by atoms with Gasteiger partial charge in [-0.15, -0.1) is 0 Å². The van der Waals surface area contributed by atoms with Gasteiger partial charge in [-0.05, 0) is 18.6 Å². The second-order valence-corrected chi connectivity index (χ2v) is 3.79. The average molecular weight is 267 g/mol. The maximum absolute atomic E-state index is 11.5. The lowest BCUT2D eigenvalue weighted by molar-refractivity contribution is -0.139. The molecule has 0 aliphatic heterocycles. The number of rotatable bonds is 5. The van der Waals surface area contributed by atoms with E-state index >= 15 is 0 Å². The van der Waals surface area contributed by atoms with Crippen LogP contribution in [0.15, 0.2) is 18.3 Å². The largest absolute Gasteiger partial charge is 0.354 e. The van der Waals surface area contributed by atoms with Gasteiger partial charge in [0.05, 0.1) is 6.54 Å². The van der Waals surface area contributed by atoms with E-state index in [0.717, 1.165) is 5.56 Å². The molecule has 0 atom stereocenters. The molecule has 2 N–H and O–H groups in total. The highest BCUT2D eigenvalue weighted by molar-refractivity contribution is 6.39. The molecule has 7 nitrogen and oxygen atoms in total. The molecule has 0 aliphatic rings. The van der Waals surface area contributed by atoms with E-state index in [1.165, 1.54) is 14.2 Å². The summed E-state index contributed by atoms with van der Waals surface area (Å²) in [5.41, 5.74) is 0.963. The van der Waals surface area contributed by atoms with Crippen molar-refractivity contribution < 1.29 is 19.1 Å². The zero-order valence-corrected chi connectivity index (χ0v) is 11.1. The molecule has 0 fully saturated rings. The Morgan fingerprint density at radius 1 is 1.26 bits per heavy atom. The normalized spacial score (nSPS) is 10.3. The Morgan fingerprint density at radius 2 is 1.95 bits per heavy atom. The van der Waals surface area contributed by atoms with Gasteiger partial charge in [0, 0.05) is 20.4 Å². The molecule has 7 heteroatoms. The van der Waals surface area contributed by atoms with Gasteiger partial charge in [0.2, 0.25) is 0 Å². The minimum atomic E-state index is -0.790. The van der Waals surface area contributed by atoms with E-state index in [-0.39, 0.29) is 6.54 Å². The number of amides is 2. The molecule has 1 rings (SSSR count). The third-order valence-corrected chi connectivity index (χ3v) is 2.31. The van der Waals surface area contributed by atoms with Gasteiger partial charge in [0.25, 0.3) is 0 Å². The van der Waals surface area contributed by atoms with Crippen LogP contribution >= 0.6 is 0 Å². The summed E-state index contributed by atoms with van der Waals surface area (Å²) in [6, 6.07) is 3.40. The molecule has 2 amide bonds. The first-order valence-corrected chi connectivity index (χ1v) is 5.64. The highest BCUT2D eigenvalue weighted by Crippen LogP contribution is 2.03. The summed E-state index contributed by atoms with van der Waals surface area (Å²) in [6.07, 6.45) is 1.01. The van der Waals surface area contributed by atoms with Crippen molar-refractivity contribution in [3.63, 3.8) is 0 Å². The highest BCUT2D eigenvalue weighted by atomic mass is 16.7. The Balaban J connectivity index is 2.44. The van der Waals surface area contributed by atoms with Crippen molar-refractivity contribution in [1.82, 2.24) is 10.3 Å². The number of carbonyl (C=O) groups excluding carboxylic acids is 2. The van der Waals surface area contributed by atoms with E-state index < -0.39 is 18.1 Å². The van der Waals surface area contributed by atoms with E-state index in [0.29, 0.717) is 5.82 Å². The Morgan fingerprint density at radius 3 is 2.47 bits per heavy atom. The number of hydrogen-bond acceptors (Lipinski definition) is 5. The topological polar surface area (TPSA) is 89.5 Å². The van der Waals surface area contributed by atoms with Gasteiger partial charge in [-0.3, -0.25) is 9.59 Å². The monoisotopic (exact) mass is 267 g/mol. The zero-order chi connectivity index (χ0) is 14.3. The Hall–Kier alpha value is -1.99. The van der Waals surface area contributed by atoms with E-state index in [1.54, 1.807) is 18.3 Å². The summed E-state index contributed by atoms with van der Waals surface area (Å²) >= 11 is 0. The van der Waals surface area contributed by atoms with Crippen molar-refractivity contribution in [3.05, 3.63) is 23.9 Å². The first-order chi connectivity index (χ1) is 9.06. The van der Waals surface area contributed by atoms with Crippen LogP contribution in [0.4, 0.5) is 5.82 Å². The molecule has 0 aromatic carbocycles. The second-order valence-electron chi connectivity index (χ2n) is 3.79. The summed E-state index contributed by atoms with van der Waals surface area (Å²) in [4.78, 5) is 27.0. The standard InChI is InChI=1S/C12H17N3O4/c1-8-4-5-9(13-6-8)15-12(17)11(16)14-7-10(18-2)19-3/h4-6,10H,7H2,1-3H3,(H,14,16)(H,13,15,17). The quantitative estimate of drug-likeness (QED) is 0.582. The summed E-state index contributed by atoms with van der Waals surface area (Å²) in [5.74, 6) is -1.25. The number of nitrogens with zero attached hydrogens (tertiary/aromatic N) is 1. The fourth-order valence-electron chi connectivity index (χ4n) is 1.23. The van der Waals surface area contributed by atoms with Crippen LogP contribution in [-0.4, -0.2) is 43.9 Å². The molecule has 104 valence electrons. The van der Waals surface area contributed by atoms with Gasteiger partial charge >= 0.3 is 11.8 Å². The van der Waals surface area contributed by atoms with Crippen molar-refractivity contribution in [2.75, 3.05) is 26.1 Å². The number of hydrogen-bond donors (Lipinski definition) is 2. The second kappa shape index (κ2) is 7.45. The highest BCUT2D eigenvalue weighted by Gasteiger charge is 2.15. The zero-order valence-electron chi connectivity index (χ0n) is 11.1. The molecule has 1 aromatic heterocycles. The first kappa shape index (κ1) is 15.1. The van der Waals surface area contributed by atoms with E-state index in [9.17, 15) is 9.59 Å². The number of ether oxygens (including phenoxy) is 2. The fourth-order valence-corrected chi connectivity index (χ4v) is 1.23. The molecular formula is C12H17N3O4. The van der Waals surface area contributed by atoms with Crippen LogP contribution in [0.1, 0.15) is 5.56 Å². The van der Waals surface area contributed by atoms with Crippen molar-refractivity contribution in [2.45, 2.75) is 13.2 Å². The lowest BCUT2D eigenvalue weighted by Crippen LogP contribution is -2.40. The van der Waals surface area contributed by atoms with Gasteiger partial charge in [0.15, 0.2) is 6.29 Å². The lowest BCUT2D eigenvalue weighted by atomic mass is 10.3. The number of anilines is 1. The van der Waals surface area contributed by atoms with Gasteiger partial charge in [-0.2, -0.15) is 0 Å². The third-order valence-electron chi connectivity index (χ3n) is 2.31.